The maximum Gasteiger partial charge on any atom is 0.184 e. The topological polar surface area (TPSA) is 210 Å². The summed E-state index contributed by atoms with van der Waals surface area (Å²) in [4.78, 5) is 0. The lowest BCUT2D eigenvalue weighted by molar-refractivity contribution is -0.286. The summed E-state index contributed by atoms with van der Waals surface area (Å²) in [5, 5.41) is 83.7. The van der Waals surface area contributed by atoms with Gasteiger partial charge in [-0.1, -0.05) is 12.1 Å². The van der Waals surface area contributed by atoms with Crippen LogP contribution in [-0.4, -0.2) is 111 Å². The van der Waals surface area contributed by atoms with Crippen molar-refractivity contribution in [1.82, 2.24) is 0 Å². The fourth-order valence-corrected chi connectivity index (χ4v) is 4.15. The molecule has 1 fully saturated rings. The van der Waals surface area contributed by atoms with Gasteiger partial charge in [0.1, 0.15) is 24.4 Å². The van der Waals surface area contributed by atoms with Gasteiger partial charge in [-0.15, -0.1) is 0 Å². The number of aliphatic hydroxyl groups is 7. The molecule has 0 unspecified atom stereocenters. The van der Waals surface area contributed by atoms with Crippen molar-refractivity contribution in [3.8, 4) is 23.0 Å². The van der Waals surface area contributed by atoms with E-state index in [1.807, 2.05) is 0 Å². The van der Waals surface area contributed by atoms with E-state index in [1.165, 1.54) is 14.2 Å². The minimum Gasteiger partial charge on any atom is -0.504 e. The average Bonchev–Trinajstić information content (AvgIpc) is 2.93. The Bertz CT molecular complexity index is 920. The molecule has 12 nitrogen and oxygen atoms in total. The summed E-state index contributed by atoms with van der Waals surface area (Å²) in [5.74, 6) is 0.535. The zero-order valence-electron chi connectivity index (χ0n) is 21.3. The van der Waals surface area contributed by atoms with Gasteiger partial charge in [0.05, 0.1) is 20.8 Å². The number of phenols is 2. The zero-order chi connectivity index (χ0) is 28.4. The lowest BCUT2D eigenvalue weighted by Gasteiger charge is -2.37. The van der Waals surface area contributed by atoms with Crippen LogP contribution >= 0.6 is 0 Å². The lowest BCUT2D eigenvalue weighted by atomic mass is 9.83. The Morgan fingerprint density at radius 1 is 0.711 bits per heavy atom. The zero-order valence-corrected chi connectivity index (χ0v) is 21.3. The summed E-state index contributed by atoms with van der Waals surface area (Å²) < 4.78 is 14.8. The molecule has 1 aliphatic heterocycles. The van der Waals surface area contributed by atoms with Crippen molar-refractivity contribution < 1.29 is 60.2 Å². The highest BCUT2D eigenvalue weighted by Crippen LogP contribution is 2.31. The number of phenolic OH excluding ortho intramolecular Hbond substituents is 2. The van der Waals surface area contributed by atoms with Gasteiger partial charge in [-0.2, -0.15) is 0 Å². The molecular weight excluding hydrogens is 504 g/mol. The van der Waals surface area contributed by atoms with E-state index in [4.69, 9.17) is 35.0 Å². The maximum absolute atomic E-state index is 9.84. The molecule has 0 saturated carbocycles. The monoisotopic (exact) mass is 542 g/mol. The van der Waals surface area contributed by atoms with Crippen LogP contribution in [0.5, 0.6) is 23.0 Å². The maximum atomic E-state index is 9.84. The number of methoxy groups -OCH3 is 2. The smallest absolute Gasteiger partial charge is 0.184 e. The number of rotatable bonds is 10. The Balaban J connectivity index is 0.000000352. The van der Waals surface area contributed by atoms with E-state index in [1.54, 1.807) is 36.4 Å². The Hall–Kier alpha value is -2.68. The average molecular weight is 543 g/mol. The molecule has 0 amide bonds. The van der Waals surface area contributed by atoms with Gasteiger partial charge in [0.25, 0.3) is 0 Å². The molecule has 0 aliphatic carbocycles. The van der Waals surface area contributed by atoms with Gasteiger partial charge in [0.15, 0.2) is 29.3 Å². The molecule has 0 radical (unpaired) electrons. The largest absolute Gasteiger partial charge is 0.504 e. The van der Waals surface area contributed by atoms with E-state index in [0.717, 1.165) is 11.1 Å². The molecule has 0 aromatic heterocycles. The van der Waals surface area contributed by atoms with E-state index >= 15 is 0 Å². The predicted octanol–water partition coefficient (Wildman–Crippen LogP) is -1.10. The van der Waals surface area contributed by atoms with Crippen LogP contribution in [0.4, 0.5) is 0 Å². The summed E-state index contributed by atoms with van der Waals surface area (Å²) in [6.07, 6.45) is -5.97. The summed E-state index contributed by atoms with van der Waals surface area (Å²) >= 11 is 0. The summed E-state index contributed by atoms with van der Waals surface area (Å²) in [5.41, 5.74) is 1.81. The number of aliphatic hydroxyl groups excluding tert-OH is 7. The van der Waals surface area contributed by atoms with Gasteiger partial charge in [-0.25, -0.2) is 0 Å². The molecule has 38 heavy (non-hydrogen) atoms. The highest BCUT2D eigenvalue weighted by Gasteiger charge is 2.42. The van der Waals surface area contributed by atoms with Gasteiger partial charge in [0.2, 0.25) is 0 Å². The Morgan fingerprint density at radius 2 is 1.16 bits per heavy atom. The van der Waals surface area contributed by atoms with Crippen LogP contribution in [0.3, 0.4) is 0 Å². The minimum atomic E-state index is -1.57. The second-order valence-corrected chi connectivity index (χ2v) is 9.03. The Morgan fingerprint density at radius 3 is 1.53 bits per heavy atom. The highest BCUT2D eigenvalue weighted by atomic mass is 16.6. The van der Waals surface area contributed by atoms with Crippen molar-refractivity contribution in [1.29, 1.82) is 0 Å². The van der Waals surface area contributed by atoms with Crippen molar-refractivity contribution in [2.45, 2.75) is 43.5 Å². The third kappa shape index (κ3) is 8.16. The first-order valence-corrected chi connectivity index (χ1v) is 12.0. The fourth-order valence-electron chi connectivity index (χ4n) is 4.15. The Kier molecular flexibility index (Phi) is 12.5. The summed E-state index contributed by atoms with van der Waals surface area (Å²) in [7, 11) is 2.97. The molecule has 2 aromatic rings. The first-order valence-electron chi connectivity index (χ1n) is 12.0. The van der Waals surface area contributed by atoms with E-state index in [0.29, 0.717) is 24.3 Å². The summed E-state index contributed by atoms with van der Waals surface area (Å²) in [6.45, 7) is -0.685. The molecule has 3 rings (SSSR count). The molecule has 0 bridgehead atoms. The molecule has 0 spiro atoms. The molecular formula is C26H38O12. The van der Waals surface area contributed by atoms with Gasteiger partial charge in [-0.05, 0) is 60.1 Å². The number of ether oxygens (including phenoxy) is 3. The molecule has 2 aromatic carbocycles. The standard InChI is InChI=1S/C20H26O6.C6H12O6/c1-25-19-9-13(3-5-17(19)23)7-15(11-21)16(12-22)8-14-4-6-18(24)20(10-14)26-2;7-1-2-3(8)4(9)5(10)6(11)12-2/h3-6,9-10,15-16,21-24H,7-8,11-12H2,1-2H3;2-11H,1H2/t15-,16-;2-,3-,4+,5-,6-/m01/s1. The first kappa shape index (κ1) is 31.5. The van der Waals surface area contributed by atoms with Crippen LogP contribution in [0.1, 0.15) is 11.1 Å². The van der Waals surface area contributed by atoms with E-state index in [2.05, 4.69) is 4.74 Å². The summed E-state index contributed by atoms with van der Waals surface area (Å²) in [6, 6.07) is 10.1. The SMILES string of the molecule is COc1cc(C[C@@H](CO)[C@H](CO)Cc2ccc(O)c(OC)c2)ccc1O.OC[C@H]1O[C@@H](O)[C@H](O)[C@@H](O)[C@@H]1O. The molecule has 214 valence electrons. The van der Waals surface area contributed by atoms with Gasteiger partial charge < -0.3 is 60.2 Å². The number of hydrogen-bond donors (Lipinski definition) is 9. The number of aromatic hydroxyl groups is 2. The van der Waals surface area contributed by atoms with Gasteiger partial charge in [0, 0.05) is 13.2 Å². The minimum absolute atomic E-state index is 0.0618. The molecule has 7 atom stereocenters. The van der Waals surface area contributed by atoms with Gasteiger partial charge in [-0.3, -0.25) is 0 Å². The van der Waals surface area contributed by atoms with Crippen molar-refractivity contribution >= 4 is 0 Å². The van der Waals surface area contributed by atoms with Crippen LogP contribution < -0.4 is 9.47 Å². The molecule has 9 N–H and O–H groups in total. The third-order valence-electron chi connectivity index (χ3n) is 6.49. The van der Waals surface area contributed by atoms with Gasteiger partial charge >= 0.3 is 0 Å². The number of benzene rings is 2. The second kappa shape index (κ2) is 15.0. The molecule has 12 heteroatoms. The van der Waals surface area contributed by atoms with Crippen LogP contribution in [0.25, 0.3) is 0 Å². The normalized spacial score (nSPS) is 24.6. The van der Waals surface area contributed by atoms with Crippen LogP contribution in [-0.2, 0) is 17.6 Å². The van der Waals surface area contributed by atoms with E-state index in [-0.39, 0.29) is 36.5 Å². The van der Waals surface area contributed by atoms with Crippen LogP contribution in [0.15, 0.2) is 36.4 Å². The first-order chi connectivity index (χ1) is 18.1. The third-order valence-corrected chi connectivity index (χ3v) is 6.49. The quantitative estimate of drug-likeness (QED) is 0.175. The lowest BCUT2D eigenvalue weighted by Crippen LogP contribution is -2.58. The molecule has 1 aliphatic rings. The highest BCUT2D eigenvalue weighted by molar-refractivity contribution is 5.43. The van der Waals surface area contributed by atoms with Crippen molar-refractivity contribution in [2.24, 2.45) is 11.8 Å². The molecule has 1 heterocycles. The molecule has 1 saturated heterocycles. The Labute approximate surface area is 220 Å². The van der Waals surface area contributed by atoms with Crippen LogP contribution in [0, 0.1) is 11.8 Å². The van der Waals surface area contributed by atoms with E-state index < -0.39 is 37.3 Å². The van der Waals surface area contributed by atoms with Crippen molar-refractivity contribution in [2.75, 3.05) is 34.0 Å². The number of hydrogen-bond acceptors (Lipinski definition) is 12. The second-order valence-electron chi connectivity index (χ2n) is 9.03. The fraction of sp³-hybridized carbons (Fsp3) is 0.538. The van der Waals surface area contributed by atoms with Crippen molar-refractivity contribution in [3.05, 3.63) is 47.5 Å². The van der Waals surface area contributed by atoms with Crippen LogP contribution in [0.2, 0.25) is 0 Å². The van der Waals surface area contributed by atoms with Crippen molar-refractivity contribution in [3.63, 3.8) is 0 Å². The van der Waals surface area contributed by atoms with E-state index in [9.17, 15) is 20.4 Å². The predicted molar refractivity (Wildman–Crippen MR) is 134 cm³/mol.